The maximum Gasteiger partial charge on any atom is 0.329 e. The van der Waals surface area contributed by atoms with E-state index in [2.05, 4.69) is 21.2 Å². The molecule has 0 radical (unpaired) electrons. The van der Waals surface area contributed by atoms with E-state index in [0.29, 0.717) is 15.9 Å². The molecule has 0 spiro atoms. The Kier molecular flexibility index (Phi) is 4.94. The van der Waals surface area contributed by atoms with Crippen LogP contribution in [0.2, 0.25) is 5.02 Å². The Morgan fingerprint density at radius 3 is 2.76 bits per heavy atom. The molecule has 2 atom stereocenters. The molecule has 1 amide bonds. The molecule has 0 heterocycles. The van der Waals surface area contributed by atoms with Crippen molar-refractivity contribution >= 4 is 39.4 Å². The summed E-state index contributed by atoms with van der Waals surface area (Å²) in [4.78, 5) is 24.2. The highest BCUT2D eigenvalue weighted by molar-refractivity contribution is 9.10. The summed E-state index contributed by atoms with van der Waals surface area (Å²) in [6, 6.07) is 5.02. The first-order valence-electron chi connectivity index (χ1n) is 6.88. The molecule has 0 saturated heterocycles. The quantitative estimate of drug-likeness (QED) is 0.844. The number of carbonyl (C=O) groups is 2. The van der Waals surface area contributed by atoms with Gasteiger partial charge in [-0.05, 0) is 46.8 Å². The highest BCUT2D eigenvalue weighted by atomic mass is 79.9. The lowest BCUT2D eigenvalue weighted by Crippen LogP contribution is -2.60. The van der Waals surface area contributed by atoms with Gasteiger partial charge in [-0.25, -0.2) is 4.79 Å². The van der Waals surface area contributed by atoms with Crippen molar-refractivity contribution in [3.8, 4) is 0 Å². The van der Waals surface area contributed by atoms with Gasteiger partial charge in [-0.1, -0.05) is 37.4 Å². The Hall–Kier alpha value is -1.07. The molecule has 2 unspecified atom stereocenters. The molecule has 6 heteroatoms. The molecule has 1 aromatic carbocycles. The number of carboxylic acids is 1. The van der Waals surface area contributed by atoms with Gasteiger partial charge < -0.3 is 10.4 Å². The smallest absolute Gasteiger partial charge is 0.329 e. The number of carbonyl (C=O) groups excluding carboxylic acids is 1. The van der Waals surface area contributed by atoms with Crippen LogP contribution in [0.5, 0.6) is 0 Å². The lowest BCUT2D eigenvalue weighted by atomic mass is 9.73. The number of hydrogen-bond acceptors (Lipinski definition) is 2. The van der Waals surface area contributed by atoms with Crippen LogP contribution in [0.15, 0.2) is 22.7 Å². The fraction of sp³-hybridized carbons (Fsp3) is 0.467. The summed E-state index contributed by atoms with van der Waals surface area (Å²) in [6.45, 7) is 1.87. The van der Waals surface area contributed by atoms with Crippen LogP contribution in [0.25, 0.3) is 0 Å². The maximum atomic E-state index is 12.5. The van der Waals surface area contributed by atoms with Crippen molar-refractivity contribution < 1.29 is 14.7 Å². The number of amides is 1. The number of nitrogens with one attached hydrogen (secondary N) is 1. The van der Waals surface area contributed by atoms with Gasteiger partial charge in [0.05, 0.1) is 10.6 Å². The molecule has 4 nitrogen and oxygen atoms in total. The molecule has 2 rings (SSSR count). The van der Waals surface area contributed by atoms with Crippen molar-refractivity contribution in [3.63, 3.8) is 0 Å². The molecule has 1 aliphatic rings. The number of carboxylic acid groups (broad SMARTS) is 1. The third-order valence-electron chi connectivity index (χ3n) is 4.21. The van der Waals surface area contributed by atoms with E-state index in [1.807, 2.05) is 6.92 Å². The molecule has 1 fully saturated rings. The van der Waals surface area contributed by atoms with Gasteiger partial charge in [-0.3, -0.25) is 4.79 Å². The molecule has 0 bridgehead atoms. The summed E-state index contributed by atoms with van der Waals surface area (Å²) in [5, 5.41) is 12.6. The molecule has 2 N–H and O–H groups in total. The van der Waals surface area contributed by atoms with Crippen LogP contribution < -0.4 is 5.32 Å². The van der Waals surface area contributed by atoms with Gasteiger partial charge in [-0.2, -0.15) is 0 Å². The SMILES string of the molecule is CC1CCCCC1(NC(=O)c1cccc(Br)c1Cl)C(=O)O. The number of aliphatic carboxylic acids is 1. The zero-order valence-electron chi connectivity index (χ0n) is 11.7. The Balaban J connectivity index is 2.31. The van der Waals surface area contributed by atoms with E-state index < -0.39 is 17.4 Å². The third-order valence-corrected chi connectivity index (χ3v) is 5.51. The normalized spacial score (nSPS) is 25.4. The predicted molar refractivity (Wildman–Crippen MR) is 84.6 cm³/mol. The molecule has 114 valence electrons. The molecule has 1 saturated carbocycles. The Labute approximate surface area is 137 Å². The lowest BCUT2D eigenvalue weighted by molar-refractivity contribution is -0.148. The van der Waals surface area contributed by atoms with Gasteiger partial charge in [0.1, 0.15) is 5.54 Å². The first-order valence-corrected chi connectivity index (χ1v) is 8.05. The van der Waals surface area contributed by atoms with E-state index in [1.54, 1.807) is 18.2 Å². The van der Waals surface area contributed by atoms with Gasteiger partial charge in [-0.15, -0.1) is 0 Å². The number of hydrogen-bond donors (Lipinski definition) is 2. The van der Waals surface area contributed by atoms with Crippen molar-refractivity contribution in [3.05, 3.63) is 33.3 Å². The average Bonchev–Trinajstić information content (AvgIpc) is 2.44. The minimum absolute atomic E-state index is 0.112. The predicted octanol–water partition coefficient (Wildman–Crippen LogP) is 3.87. The topological polar surface area (TPSA) is 66.4 Å². The summed E-state index contributed by atoms with van der Waals surface area (Å²) in [5.41, 5.74) is -0.925. The van der Waals surface area contributed by atoms with Crippen molar-refractivity contribution in [1.82, 2.24) is 5.32 Å². The average molecular weight is 375 g/mol. The standard InChI is InChI=1S/C15H17BrClNO3/c1-9-5-2-3-8-15(9,14(20)21)18-13(19)10-6-4-7-11(16)12(10)17/h4,6-7,9H,2-3,5,8H2,1H3,(H,18,19)(H,20,21). The largest absolute Gasteiger partial charge is 0.479 e. The molecule has 21 heavy (non-hydrogen) atoms. The van der Waals surface area contributed by atoms with E-state index in [0.717, 1.165) is 19.3 Å². The number of benzene rings is 1. The fourth-order valence-electron chi connectivity index (χ4n) is 2.85. The lowest BCUT2D eigenvalue weighted by Gasteiger charge is -2.39. The van der Waals surface area contributed by atoms with Gasteiger partial charge in [0.25, 0.3) is 5.91 Å². The Morgan fingerprint density at radius 1 is 1.43 bits per heavy atom. The van der Waals surface area contributed by atoms with E-state index >= 15 is 0 Å². The second kappa shape index (κ2) is 6.36. The second-order valence-electron chi connectivity index (χ2n) is 5.48. The summed E-state index contributed by atoms with van der Waals surface area (Å²) < 4.78 is 0.609. The molecular weight excluding hydrogens is 358 g/mol. The highest BCUT2D eigenvalue weighted by Crippen LogP contribution is 2.35. The van der Waals surface area contributed by atoms with Gasteiger partial charge >= 0.3 is 5.97 Å². The van der Waals surface area contributed by atoms with Crippen LogP contribution in [-0.2, 0) is 4.79 Å². The van der Waals surface area contributed by atoms with Crippen molar-refractivity contribution in [2.75, 3.05) is 0 Å². The summed E-state index contributed by atoms with van der Waals surface area (Å²) in [5.74, 6) is -1.54. The van der Waals surface area contributed by atoms with Crippen LogP contribution in [0, 0.1) is 5.92 Å². The fourth-order valence-corrected chi connectivity index (χ4v) is 3.43. The van der Waals surface area contributed by atoms with Crippen molar-refractivity contribution in [2.45, 2.75) is 38.1 Å². The monoisotopic (exact) mass is 373 g/mol. The second-order valence-corrected chi connectivity index (χ2v) is 6.71. The molecular formula is C15H17BrClNO3. The molecule has 1 aromatic rings. The van der Waals surface area contributed by atoms with Gasteiger partial charge in [0, 0.05) is 4.47 Å². The highest BCUT2D eigenvalue weighted by Gasteiger charge is 2.46. The summed E-state index contributed by atoms with van der Waals surface area (Å²) in [7, 11) is 0. The molecule has 0 aromatic heterocycles. The van der Waals surface area contributed by atoms with Crippen LogP contribution in [0.4, 0.5) is 0 Å². The Morgan fingerprint density at radius 2 is 2.14 bits per heavy atom. The van der Waals surface area contributed by atoms with E-state index in [1.165, 1.54) is 0 Å². The van der Waals surface area contributed by atoms with Crippen LogP contribution in [-0.4, -0.2) is 22.5 Å². The first-order chi connectivity index (χ1) is 9.88. The number of halogens is 2. The molecule has 1 aliphatic carbocycles. The van der Waals surface area contributed by atoms with E-state index in [9.17, 15) is 14.7 Å². The van der Waals surface area contributed by atoms with Crippen molar-refractivity contribution in [1.29, 1.82) is 0 Å². The maximum absolute atomic E-state index is 12.5. The van der Waals surface area contributed by atoms with Gasteiger partial charge in [0.2, 0.25) is 0 Å². The van der Waals surface area contributed by atoms with Crippen molar-refractivity contribution in [2.24, 2.45) is 5.92 Å². The van der Waals surface area contributed by atoms with E-state index in [-0.39, 0.29) is 11.5 Å². The van der Waals surface area contributed by atoms with Gasteiger partial charge in [0.15, 0.2) is 0 Å². The summed E-state index contributed by atoms with van der Waals surface area (Å²) in [6.07, 6.45) is 3.02. The van der Waals surface area contributed by atoms with Crippen LogP contribution >= 0.6 is 27.5 Å². The van der Waals surface area contributed by atoms with E-state index in [4.69, 9.17) is 11.6 Å². The minimum atomic E-state index is -1.21. The van der Waals surface area contributed by atoms with Crippen LogP contribution in [0.3, 0.4) is 0 Å². The first kappa shape index (κ1) is 16.3. The third kappa shape index (κ3) is 3.09. The Bertz CT molecular complexity index is 578. The zero-order valence-corrected chi connectivity index (χ0v) is 14.0. The molecule has 0 aliphatic heterocycles. The number of rotatable bonds is 3. The zero-order chi connectivity index (χ0) is 15.6. The van der Waals surface area contributed by atoms with Crippen LogP contribution in [0.1, 0.15) is 43.0 Å². The summed E-state index contributed by atoms with van der Waals surface area (Å²) >= 11 is 9.38. The minimum Gasteiger partial charge on any atom is -0.479 e.